The zero-order valence-electron chi connectivity index (χ0n) is 19.2. The van der Waals surface area contributed by atoms with Gasteiger partial charge in [0.2, 0.25) is 0 Å². The smallest absolute Gasteiger partial charge is 0.255 e. The fourth-order valence-electron chi connectivity index (χ4n) is 3.75. The molecule has 3 aromatic carbocycles. The van der Waals surface area contributed by atoms with Crippen molar-refractivity contribution in [1.82, 2.24) is 14.8 Å². The van der Waals surface area contributed by atoms with Gasteiger partial charge in [-0.1, -0.05) is 72.4 Å². The Balaban J connectivity index is 1.31. The van der Waals surface area contributed by atoms with E-state index in [9.17, 15) is 4.79 Å². The molecule has 0 aliphatic rings. The molecule has 174 valence electrons. The van der Waals surface area contributed by atoms with Gasteiger partial charge in [-0.3, -0.25) is 9.36 Å². The lowest BCUT2D eigenvalue weighted by atomic mass is 10.1. The zero-order valence-corrected chi connectivity index (χ0v) is 20.0. The number of aromatic nitrogens is 3. The van der Waals surface area contributed by atoms with E-state index in [1.165, 1.54) is 5.56 Å². The number of amides is 1. The highest BCUT2D eigenvalue weighted by Crippen LogP contribution is 2.29. The number of furan rings is 1. The number of benzene rings is 3. The number of hydrogen-bond donors (Lipinski definition) is 1. The van der Waals surface area contributed by atoms with Gasteiger partial charge in [0.15, 0.2) is 11.0 Å². The molecule has 0 saturated carbocycles. The third kappa shape index (κ3) is 5.36. The van der Waals surface area contributed by atoms with Gasteiger partial charge in [0.1, 0.15) is 5.76 Å². The number of rotatable bonds is 8. The van der Waals surface area contributed by atoms with E-state index in [1.807, 2.05) is 85.8 Å². The molecule has 0 aliphatic heterocycles. The van der Waals surface area contributed by atoms with Crippen molar-refractivity contribution < 1.29 is 9.21 Å². The van der Waals surface area contributed by atoms with Crippen LogP contribution in [0.1, 0.15) is 27.2 Å². The molecule has 0 saturated heterocycles. The highest BCUT2D eigenvalue weighted by atomic mass is 32.2. The van der Waals surface area contributed by atoms with Crippen molar-refractivity contribution in [2.45, 2.75) is 24.4 Å². The van der Waals surface area contributed by atoms with Gasteiger partial charge in [-0.05, 0) is 48.4 Å². The molecule has 0 fully saturated rings. The summed E-state index contributed by atoms with van der Waals surface area (Å²) in [5.74, 6) is 2.18. The average Bonchev–Trinajstić information content (AvgIpc) is 3.49. The number of nitrogens with one attached hydrogen (secondary N) is 1. The predicted molar refractivity (Wildman–Crippen MR) is 138 cm³/mol. The summed E-state index contributed by atoms with van der Waals surface area (Å²) >= 11 is 1.62. The van der Waals surface area contributed by atoms with Crippen molar-refractivity contribution in [3.8, 4) is 11.4 Å². The Kier molecular flexibility index (Phi) is 6.77. The van der Waals surface area contributed by atoms with E-state index < -0.39 is 0 Å². The number of anilines is 1. The Labute approximate surface area is 208 Å². The molecule has 5 aromatic rings. The monoisotopic (exact) mass is 480 g/mol. The number of carbonyl (C=O) groups is 1. The molecule has 1 amide bonds. The number of nitrogens with zero attached hydrogens (tertiary/aromatic N) is 3. The molecule has 1 N–H and O–H groups in total. The van der Waals surface area contributed by atoms with Crippen LogP contribution in [0, 0.1) is 6.92 Å². The standard InChI is InChI=1S/C28H24N4O2S/c1-20-25(16-17-34-20)26-30-31-28(32(26)18-21-8-4-2-5-9-21)35-19-22-12-14-23(15-13-22)27(33)29-24-10-6-3-7-11-24/h2-17H,18-19H2,1H3,(H,29,33). The van der Waals surface area contributed by atoms with Gasteiger partial charge >= 0.3 is 0 Å². The zero-order chi connectivity index (χ0) is 24.0. The first-order valence-electron chi connectivity index (χ1n) is 11.3. The Morgan fingerprint density at radius 2 is 1.60 bits per heavy atom. The third-order valence-corrected chi connectivity index (χ3v) is 6.65. The van der Waals surface area contributed by atoms with E-state index >= 15 is 0 Å². The molecule has 5 rings (SSSR count). The second kappa shape index (κ2) is 10.4. The summed E-state index contributed by atoms with van der Waals surface area (Å²) < 4.78 is 7.63. The number of carbonyl (C=O) groups excluding carboxylic acids is 1. The first-order valence-corrected chi connectivity index (χ1v) is 12.3. The summed E-state index contributed by atoms with van der Waals surface area (Å²) in [5, 5.41) is 12.7. The average molecular weight is 481 g/mol. The van der Waals surface area contributed by atoms with Gasteiger partial charge in [0.25, 0.3) is 5.91 Å². The van der Waals surface area contributed by atoms with Gasteiger partial charge in [-0.2, -0.15) is 0 Å². The Morgan fingerprint density at radius 3 is 2.29 bits per heavy atom. The molecule has 0 spiro atoms. The molecule has 0 aliphatic carbocycles. The van der Waals surface area contributed by atoms with Gasteiger partial charge in [0, 0.05) is 17.0 Å². The lowest BCUT2D eigenvalue weighted by Gasteiger charge is -2.10. The summed E-state index contributed by atoms with van der Waals surface area (Å²) in [4.78, 5) is 12.5. The van der Waals surface area contributed by atoms with Crippen LogP contribution in [0.25, 0.3) is 11.4 Å². The van der Waals surface area contributed by atoms with Gasteiger partial charge < -0.3 is 9.73 Å². The Hall–Kier alpha value is -4.10. The molecule has 35 heavy (non-hydrogen) atoms. The normalized spacial score (nSPS) is 10.9. The molecule has 2 aromatic heterocycles. The highest BCUT2D eigenvalue weighted by molar-refractivity contribution is 7.98. The van der Waals surface area contributed by atoms with Gasteiger partial charge in [0.05, 0.1) is 18.4 Å². The molecule has 0 radical (unpaired) electrons. The fourth-order valence-corrected chi connectivity index (χ4v) is 4.64. The maximum absolute atomic E-state index is 12.5. The van der Waals surface area contributed by atoms with Crippen LogP contribution < -0.4 is 5.32 Å². The van der Waals surface area contributed by atoms with Crippen LogP contribution in [0.2, 0.25) is 0 Å². The van der Waals surface area contributed by atoms with Crippen LogP contribution in [0.3, 0.4) is 0 Å². The lowest BCUT2D eigenvalue weighted by Crippen LogP contribution is -2.11. The maximum atomic E-state index is 12.5. The predicted octanol–water partition coefficient (Wildman–Crippen LogP) is 6.44. The number of thioether (sulfide) groups is 1. The Bertz CT molecular complexity index is 1410. The van der Waals surface area contributed by atoms with E-state index in [0.29, 0.717) is 17.9 Å². The molecule has 6 nitrogen and oxygen atoms in total. The van der Waals surface area contributed by atoms with Crippen LogP contribution in [-0.4, -0.2) is 20.7 Å². The maximum Gasteiger partial charge on any atom is 0.255 e. The Morgan fingerprint density at radius 1 is 0.886 bits per heavy atom. The lowest BCUT2D eigenvalue weighted by molar-refractivity contribution is 0.102. The van der Waals surface area contributed by atoms with E-state index in [1.54, 1.807) is 18.0 Å². The van der Waals surface area contributed by atoms with Gasteiger partial charge in [-0.15, -0.1) is 10.2 Å². The minimum absolute atomic E-state index is 0.127. The van der Waals surface area contributed by atoms with Crippen molar-refractivity contribution >= 4 is 23.4 Å². The van der Waals surface area contributed by atoms with Gasteiger partial charge in [-0.25, -0.2) is 0 Å². The summed E-state index contributed by atoms with van der Waals surface area (Å²) in [6, 6.07) is 29.3. The van der Waals surface area contributed by atoms with Crippen LogP contribution in [0.4, 0.5) is 5.69 Å². The number of para-hydroxylation sites is 1. The van der Waals surface area contributed by atoms with E-state index in [2.05, 4.69) is 32.2 Å². The minimum atomic E-state index is -0.127. The van der Waals surface area contributed by atoms with Crippen LogP contribution in [0.15, 0.2) is 107 Å². The quantitative estimate of drug-likeness (QED) is 0.259. The number of aryl methyl sites for hydroxylation is 1. The fraction of sp³-hybridized carbons (Fsp3) is 0.107. The molecule has 0 bridgehead atoms. The first-order chi connectivity index (χ1) is 17.2. The summed E-state index contributed by atoms with van der Waals surface area (Å²) in [6.45, 7) is 2.59. The van der Waals surface area contributed by atoms with Crippen molar-refractivity contribution in [3.05, 3.63) is 120 Å². The summed E-state index contributed by atoms with van der Waals surface area (Å²) in [6.07, 6.45) is 1.68. The molecule has 7 heteroatoms. The molecule has 0 unspecified atom stereocenters. The van der Waals surface area contributed by atoms with E-state index in [-0.39, 0.29) is 5.91 Å². The SMILES string of the molecule is Cc1occc1-c1nnc(SCc2ccc(C(=O)Nc3ccccc3)cc2)n1Cc1ccccc1. The molecule has 2 heterocycles. The van der Waals surface area contributed by atoms with Crippen molar-refractivity contribution in [3.63, 3.8) is 0 Å². The first kappa shape index (κ1) is 22.7. The van der Waals surface area contributed by atoms with Crippen LogP contribution >= 0.6 is 11.8 Å². The summed E-state index contributed by atoms with van der Waals surface area (Å²) in [5.41, 5.74) is 4.60. The topological polar surface area (TPSA) is 72.9 Å². The van der Waals surface area contributed by atoms with Crippen molar-refractivity contribution in [1.29, 1.82) is 0 Å². The number of hydrogen-bond acceptors (Lipinski definition) is 5. The van der Waals surface area contributed by atoms with Crippen LogP contribution in [-0.2, 0) is 12.3 Å². The van der Waals surface area contributed by atoms with Crippen LogP contribution in [0.5, 0.6) is 0 Å². The van der Waals surface area contributed by atoms with Crippen molar-refractivity contribution in [2.24, 2.45) is 0 Å². The second-order valence-electron chi connectivity index (χ2n) is 8.07. The molecule has 0 atom stereocenters. The van der Waals surface area contributed by atoms with E-state index in [4.69, 9.17) is 4.42 Å². The largest absolute Gasteiger partial charge is 0.469 e. The molecular weight excluding hydrogens is 456 g/mol. The van der Waals surface area contributed by atoms with E-state index in [0.717, 1.165) is 33.6 Å². The second-order valence-corrected chi connectivity index (χ2v) is 9.02. The molecular formula is C28H24N4O2S. The highest BCUT2D eigenvalue weighted by Gasteiger charge is 2.18. The minimum Gasteiger partial charge on any atom is -0.469 e. The third-order valence-electron chi connectivity index (χ3n) is 5.62. The summed E-state index contributed by atoms with van der Waals surface area (Å²) in [7, 11) is 0. The van der Waals surface area contributed by atoms with Crippen molar-refractivity contribution in [2.75, 3.05) is 5.32 Å².